The minimum Gasteiger partial charge on any atom is -0.492 e. The van der Waals surface area contributed by atoms with Gasteiger partial charge in [0.1, 0.15) is 5.75 Å². The van der Waals surface area contributed by atoms with Crippen molar-refractivity contribution >= 4 is 16.6 Å². The molecule has 5 heteroatoms. The molecule has 0 radical (unpaired) electrons. The number of pyridine rings is 1. The predicted molar refractivity (Wildman–Crippen MR) is 74.4 cm³/mol. The Labute approximate surface area is 110 Å². The summed E-state index contributed by atoms with van der Waals surface area (Å²) in [5.41, 5.74) is 8.34. The molecule has 0 saturated carbocycles. The SMILES string of the molecule is CCOc1cncc(-n2ncc3ccc(N)cc32)c1. The summed E-state index contributed by atoms with van der Waals surface area (Å²) in [5.74, 6) is 0.729. The van der Waals surface area contributed by atoms with Gasteiger partial charge in [0.2, 0.25) is 0 Å². The highest BCUT2D eigenvalue weighted by Gasteiger charge is 2.06. The average molecular weight is 254 g/mol. The lowest BCUT2D eigenvalue weighted by molar-refractivity contribution is 0.338. The Hall–Kier alpha value is -2.56. The first-order chi connectivity index (χ1) is 9.28. The lowest BCUT2D eigenvalue weighted by Gasteiger charge is -2.06. The number of nitrogens with two attached hydrogens (primary N) is 1. The molecule has 3 aromatic rings. The van der Waals surface area contributed by atoms with Crippen LogP contribution in [0.1, 0.15) is 6.92 Å². The van der Waals surface area contributed by atoms with Crippen LogP contribution in [-0.2, 0) is 0 Å². The molecule has 1 aromatic carbocycles. The molecule has 3 rings (SSSR count). The summed E-state index contributed by atoms with van der Waals surface area (Å²) in [5, 5.41) is 5.41. The fourth-order valence-electron chi connectivity index (χ4n) is 2.01. The molecule has 0 aliphatic rings. The Morgan fingerprint density at radius 1 is 1.21 bits per heavy atom. The largest absolute Gasteiger partial charge is 0.492 e. The van der Waals surface area contributed by atoms with Crippen LogP contribution in [0.2, 0.25) is 0 Å². The molecule has 0 bridgehead atoms. The number of aromatic nitrogens is 3. The van der Waals surface area contributed by atoms with E-state index in [-0.39, 0.29) is 0 Å². The van der Waals surface area contributed by atoms with E-state index < -0.39 is 0 Å². The Kier molecular flexibility index (Phi) is 2.79. The molecule has 0 atom stereocenters. The van der Waals surface area contributed by atoms with Crippen LogP contribution in [0.25, 0.3) is 16.6 Å². The van der Waals surface area contributed by atoms with Gasteiger partial charge in [0.15, 0.2) is 0 Å². The zero-order chi connectivity index (χ0) is 13.2. The standard InChI is InChI=1S/C14H14N4O/c1-2-19-13-6-12(8-16-9-13)18-14-5-11(15)4-3-10(14)7-17-18/h3-9H,2,15H2,1H3. The van der Waals surface area contributed by atoms with Crippen molar-refractivity contribution in [3.05, 3.63) is 42.9 Å². The summed E-state index contributed by atoms with van der Waals surface area (Å²) in [7, 11) is 0. The van der Waals surface area contributed by atoms with Gasteiger partial charge in [-0.3, -0.25) is 4.98 Å². The maximum Gasteiger partial charge on any atom is 0.139 e. The van der Waals surface area contributed by atoms with E-state index in [9.17, 15) is 0 Å². The van der Waals surface area contributed by atoms with Crippen LogP contribution in [0.5, 0.6) is 5.75 Å². The van der Waals surface area contributed by atoms with E-state index in [2.05, 4.69) is 10.1 Å². The lowest BCUT2D eigenvalue weighted by atomic mass is 10.2. The first kappa shape index (κ1) is 11.5. The van der Waals surface area contributed by atoms with Crippen molar-refractivity contribution in [1.29, 1.82) is 0 Å². The second kappa shape index (κ2) is 4.61. The van der Waals surface area contributed by atoms with Crippen molar-refractivity contribution in [1.82, 2.24) is 14.8 Å². The molecule has 5 nitrogen and oxygen atoms in total. The zero-order valence-electron chi connectivity index (χ0n) is 10.6. The molecular formula is C14H14N4O. The molecule has 2 aromatic heterocycles. The highest BCUT2D eigenvalue weighted by atomic mass is 16.5. The molecule has 0 unspecified atom stereocenters. The van der Waals surface area contributed by atoms with Crippen LogP contribution in [0.15, 0.2) is 42.9 Å². The van der Waals surface area contributed by atoms with Gasteiger partial charge in [-0.1, -0.05) is 0 Å². The first-order valence-corrected chi connectivity index (χ1v) is 6.09. The maximum absolute atomic E-state index is 5.83. The summed E-state index contributed by atoms with van der Waals surface area (Å²) >= 11 is 0. The van der Waals surface area contributed by atoms with E-state index in [1.165, 1.54) is 0 Å². The molecule has 2 N–H and O–H groups in total. The molecule has 0 saturated heterocycles. The van der Waals surface area contributed by atoms with Crippen LogP contribution in [0.3, 0.4) is 0 Å². The van der Waals surface area contributed by atoms with E-state index in [1.54, 1.807) is 17.1 Å². The topological polar surface area (TPSA) is 66.0 Å². The average Bonchev–Trinajstić information content (AvgIpc) is 2.82. The quantitative estimate of drug-likeness (QED) is 0.729. The molecule has 0 fully saturated rings. The number of hydrogen-bond acceptors (Lipinski definition) is 4. The molecule has 96 valence electrons. The number of benzene rings is 1. The molecule has 19 heavy (non-hydrogen) atoms. The number of anilines is 1. The third kappa shape index (κ3) is 2.10. The summed E-state index contributed by atoms with van der Waals surface area (Å²) in [6, 6.07) is 7.62. The molecule has 0 aliphatic heterocycles. The first-order valence-electron chi connectivity index (χ1n) is 6.09. The third-order valence-corrected chi connectivity index (χ3v) is 2.85. The Morgan fingerprint density at radius 2 is 2.11 bits per heavy atom. The number of fused-ring (bicyclic) bond motifs is 1. The summed E-state index contributed by atoms with van der Waals surface area (Å²) in [4.78, 5) is 4.17. The Bertz CT molecular complexity index is 720. The van der Waals surface area contributed by atoms with Crippen molar-refractivity contribution in [2.45, 2.75) is 6.92 Å². The van der Waals surface area contributed by atoms with Gasteiger partial charge in [0.25, 0.3) is 0 Å². The lowest BCUT2D eigenvalue weighted by Crippen LogP contribution is -1.99. The van der Waals surface area contributed by atoms with E-state index in [0.717, 1.165) is 22.3 Å². The van der Waals surface area contributed by atoms with E-state index in [0.29, 0.717) is 12.3 Å². The number of nitrogens with zero attached hydrogens (tertiary/aromatic N) is 3. The van der Waals surface area contributed by atoms with Gasteiger partial charge in [-0.2, -0.15) is 5.10 Å². The molecule has 0 spiro atoms. The van der Waals surface area contributed by atoms with E-state index >= 15 is 0 Å². The van der Waals surface area contributed by atoms with Crippen LogP contribution in [0, 0.1) is 0 Å². The number of ether oxygens (including phenoxy) is 1. The predicted octanol–water partition coefficient (Wildman–Crippen LogP) is 2.40. The van der Waals surface area contributed by atoms with Crippen molar-refractivity contribution in [3.63, 3.8) is 0 Å². The van der Waals surface area contributed by atoms with Crippen LogP contribution in [0.4, 0.5) is 5.69 Å². The van der Waals surface area contributed by atoms with Crippen molar-refractivity contribution in [3.8, 4) is 11.4 Å². The van der Waals surface area contributed by atoms with Gasteiger partial charge in [-0.25, -0.2) is 4.68 Å². The summed E-state index contributed by atoms with van der Waals surface area (Å²) in [6.45, 7) is 2.55. The summed E-state index contributed by atoms with van der Waals surface area (Å²) < 4.78 is 7.26. The zero-order valence-corrected chi connectivity index (χ0v) is 10.6. The van der Waals surface area contributed by atoms with E-state index in [1.807, 2.05) is 37.4 Å². The second-order valence-corrected chi connectivity index (χ2v) is 4.19. The molecule has 0 amide bonds. The highest BCUT2D eigenvalue weighted by Crippen LogP contribution is 2.22. The van der Waals surface area contributed by atoms with Gasteiger partial charge < -0.3 is 10.5 Å². The normalized spacial score (nSPS) is 10.8. The highest BCUT2D eigenvalue weighted by molar-refractivity contribution is 5.83. The number of rotatable bonds is 3. The van der Waals surface area contributed by atoms with Crippen LogP contribution in [-0.4, -0.2) is 21.4 Å². The maximum atomic E-state index is 5.83. The molecular weight excluding hydrogens is 240 g/mol. The van der Waals surface area contributed by atoms with Gasteiger partial charge in [-0.05, 0) is 25.1 Å². The minimum atomic E-state index is 0.609. The van der Waals surface area contributed by atoms with Crippen molar-refractivity contribution in [2.24, 2.45) is 0 Å². The molecule has 0 aliphatic carbocycles. The Morgan fingerprint density at radius 3 is 2.95 bits per heavy atom. The van der Waals surface area contributed by atoms with Crippen LogP contribution < -0.4 is 10.5 Å². The second-order valence-electron chi connectivity index (χ2n) is 4.19. The fourth-order valence-corrected chi connectivity index (χ4v) is 2.01. The van der Waals surface area contributed by atoms with Gasteiger partial charge in [0.05, 0.1) is 36.4 Å². The minimum absolute atomic E-state index is 0.609. The summed E-state index contributed by atoms with van der Waals surface area (Å²) in [6.07, 6.45) is 5.24. The number of hydrogen-bond donors (Lipinski definition) is 1. The van der Waals surface area contributed by atoms with Gasteiger partial charge in [-0.15, -0.1) is 0 Å². The van der Waals surface area contributed by atoms with Gasteiger partial charge >= 0.3 is 0 Å². The smallest absolute Gasteiger partial charge is 0.139 e. The Balaban J connectivity index is 2.13. The fraction of sp³-hybridized carbons (Fsp3) is 0.143. The molecule has 2 heterocycles. The number of nitrogen functional groups attached to an aromatic ring is 1. The van der Waals surface area contributed by atoms with Crippen molar-refractivity contribution in [2.75, 3.05) is 12.3 Å². The van der Waals surface area contributed by atoms with Crippen LogP contribution >= 0.6 is 0 Å². The van der Waals surface area contributed by atoms with E-state index in [4.69, 9.17) is 10.5 Å². The van der Waals surface area contributed by atoms with Gasteiger partial charge in [0, 0.05) is 17.1 Å². The third-order valence-electron chi connectivity index (χ3n) is 2.85. The monoisotopic (exact) mass is 254 g/mol. The van der Waals surface area contributed by atoms with Crippen molar-refractivity contribution < 1.29 is 4.74 Å².